The smallest absolute Gasteiger partial charge is 0.358 e. The highest BCUT2D eigenvalue weighted by Crippen LogP contribution is 2.31. The van der Waals surface area contributed by atoms with Crippen LogP contribution in [0.15, 0.2) is 0 Å². The maximum absolute atomic E-state index is 11.7. The van der Waals surface area contributed by atoms with Crippen molar-refractivity contribution in [1.29, 1.82) is 0 Å². The van der Waals surface area contributed by atoms with Crippen molar-refractivity contribution in [2.45, 2.75) is 33.1 Å². The Morgan fingerprint density at radius 2 is 2.05 bits per heavy atom. The van der Waals surface area contributed by atoms with E-state index in [4.69, 9.17) is 4.74 Å². The van der Waals surface area contributed by atoms with E-state index >= 15 is 0 Å². The summed E-state index contributed by atoms with van der Waals surface area (Å²) in [7, 11) is 1.30. The van der Waals surface area contributed by atoms with Crippen molar-refractivity contribution in [1.82, 2.24) is 4.98 Å². The second-order valence-electron chi connectivity index (χ2n) is 5.06. The molecule has 0 bridgehead atoms. The number of ether oxygens (including phenoxy) is 1. The summed E-state index contributed by atoms with van der Waals surface area (Å²) in [6.07, 6.45) is 3.48. The number of aromatic nitrogens is 1. The minimum atomic E-state index is -0.541. The van der Waals surface area contributed by atoms with Gasteiger partial charge in [-0.05, 0) is 18.8 Å². The molecule has 1 fully saturated rings. The Kier molecular flexibility index (Phi) is 4.75. The highest BCUT2D eigenvalue weighted by molar-refractivity contribution is 7.17. The van der Waals surface area contributed by atoms with Gasteiger partial charge in [-0.25, -0.2) is 9.78 Å². The fourth-order valence-electron chi connectivity index (χ4n) is 2.45. The van der Waals surface area contributed by atoms with E-state index in [0.29, 0.717) is 4.88 Å². The lowest BCUT2D eigenvalue weighted by Gasteiger charge is -2.31. The van der Waals surface area contributed by atoms with Crippen LogP contribution < -0.4 is 4.90 Å². The molecule has 1 aliphatic rings. The number of piperidine rings is 1. The van der Waals surface area contributed by atoms with Gasteiger partial charge in [-0.1, -0.05) is 24.7 Å². The summed E-state index contributed by atoms with van der Waals surface area (Å²) >= 11 is 1.29. The van der Waals surface area contributed by atoms with Gasteiger partial charge in [0.25, 0.3) is 0 Å². The number of ketones is 1. The number of esters is 1. The Morgan fingerprint density at radius 1 is 1.40 bits per heavy atom. The van der Waals surface area contributed by atoms with Crippen molar-refractivity contribution in [2.75, 3.05) is 25.1 Å². The molecule has 1 aromatic heterocycles. The van der Waals surface area contributed by atoms with Crippen LogP contribution in [0.25, 0.3) is 0 Å². The number of hydrogen-bond donors (Lipinski definition) is 0. The van der Waals surface area contributed by atoms with Crippen LogP contribution in [-0.2, 0) is 4.74 Å². The molecule has 5 nitrogen and oxygen atoms in total. The van der Waals surface area contributed by atoms with Crippen LogP contribution >= 0.6 is 11.3 Å². The maximum atomic E-state index is 11.7. The summed E-state index contributed by atoms with van der Waals surface area (Å²) in [5.41, 5.74) is 0.151. The molecule has 6 heteroatoms. The summed E-state index contributed by atoms with van der Waals surface area (Å²) < 4.78 is 4.70. The molecule has 0 aliphatic carbocycles. The average Bonchev–Trinajstić information content (AvgIpc) is 2.92. The highest BCUT2D eigenvalue weighted by atomic mass is 32.1. The number of nitrogens with zero attached hydrogens (tertiary/aromatic N) is 2. The molecule has 1 aliphatic heterocycles. The molecule has 0 radical (unpaired) electrons. The van der Waals surface area contributed by atoms with Gasteiger partial charge in [-0.3, -0.25) is 4.79 Å². The van der Waals surface area contributed by atoms with Gasteiger partial charge in [0.05, 0.1) is 7.11 Å². The van der Waals surface area contributed by atoms with Crippen LogP contribution in [0.5, 0.6) is 0 Å². The minimum Gasteiger partial charge on any atom is -0.464 e. The van der Waals surface area contributed by atoms with Gasteiger partial charge in [0, 0.05) is 20.0 Å². The Hall–Kier alpha value is -1.43. The Labute approximate surface area is 122 Å². The number of hydrogen-bond acceptors (Lipinski definition) is 6. The van der Waals surface area contributed by atoms with Crippen LogP contribution in [0, 0.1) is 5.92 Å². The largest absolute Gasteiger partial charge is 0.464 e. The summed E-state index contributed by atoms with van der Waals surface area (Å²) in [4.78, 5) is 30.2. The van der Waals surface area contributed by atoms with Gasteiger partial charge < -0.3 is 9.64 Å². The SMILES string of the molecule is CCC1CCN(c2nc(C(=O)OC)c(C(C)=O)s2)CC1. The lowest BCUT2D eigenvalue weighted by Crippen LogP contribution is -2.33. The molecular formula is C14H20N2O3S. The molecule has 0 saturated carbocycles. The number of Topliss-reactive ketones (excluding diaryl/α,β-unsaturated/α-hetero) is 1. The molecule has 1 aromatic rings. The molecule has 0 atom stereocenters. The third kappa shape index (κ3) is 3.00. The highest BCUT2D eigenvalue weighted by Gasteiger charge is 2.26. The fraction of sp³-hybridized carbons (Fsp3) is 0.643. The lowest BCUT2D eigenvalue weighted by molar-refractivity contribution is 0.0591. The zero-order valence-electron chi connectivity index (χ0n) is 12.1. The van der Waals surface area contributed by atoms with Crippen LogP contribution in [0.1, 0.15) is 53.3 Å². The first kappa shape index (κ1) is 15.0. The van der Waals surface area contributed by atoms with Crippen molar-refractivity contribution in [3.05, 3.63) is 10.6 Å². The normalized spacial score (nSPS) is 16.2. The number of thiazole rings is 1. The standard InChI is InChI=1S/C14H20N2O3S/c1-4-10-5-7-16(8-6-10)14-15-11(13(18)19-3)12(20-14)9(2)17/h10H,4-8H2,1-3H3. The van der Waals surface area contributed by atoms with E-state index in [0.717, 1.165) is 37.0 Å². The van der Waals surface area contributed by atoms with Crippen molar-refractivity contribution in [3.63, 3.8) is 0 Å². The Morgan fingerprint density at radius 3 is 2.55 bits per heavy atom. The zero-order valence-corrected chi connectivity index (χ0v) is 13.0. The summed E-state index contributed by atoms with van der Waals surface area (Å²) in [5.74, 6) is 0.0947. The third-order valence-corrected chi connectivity index (χ3v) is 4.99. The quantitative estimate of drug-likeness (QED) is 0.631. The molecular weight excluding hydrogens is 276 g/mol. The molecule has 0 unspecified atom stereocenters. The molecule has 0 N–H and O–H groups in total. The van der Waals surface area contributed by atoms with Crippen LogP contribution in [-0.4, -0.2) is 36.9 Å². The number of methoxy groups -OCH3 is 1. The van der Waals surface area contributed by atoms with E-state index in [1.54, 1.807) is 0 Å². The van der Waals surface area contributed by atoms with E-state index in [-0.39, 0.29) is 11.5 Å². The topological polar surface area (TPSA) is 59.5 Å². The second-order valence-corrected chi connectivity index (χ2v) is 6.04. The van der Waals surface area contributed by atoms with Gasteiger partial charge >= 0.3 is 5.97 Å². The molecule has 0 spiro atoms. The Balaban J connectivity index is 2.21. The zero-order chi connectivity index (χ0) is 14.7. The van der Waals surface area contributed by atoms with Gasteiger partial charge in [-0.2, -0.15) is 0 Å². The lowest BCUT2D eigenvalue weighted by atomic mass is 9.95. The molecule has 0 amide bonds. The third-order valence-electron chi connectivity index (χ3n) is 3.78. The monoisotopic (exact) mass is 296 g/mol. The van der Waals surface area contributed by atoms with Gasteiger partial charge in [0.1, 0.15) is 4.88 Å². The number of carbonyl (C=O) groups is 2. The van der Waals surface area contributed by atoms with E-state index < -0.39 is 5.97 Å². The van der Waals surface area contributed by atoms with E-state index in [9.17, 15) is 9.59 Å². The predicted octanol–water partition coefficient (Wildman–Crippen LogP) is 2.76. The molecule has 110 valence electrons. The molecule has 20 heavy (non-hydrogen) atoms. The maximum Gasteiger partial charge on any atom is 0.358 e. The number of carbonyl (C=O) groups excluding carboxylic acids is 2. The predicted molar refractivity (Wildman–Crippen MR) is 78.7 cm³/mol. The second kappa shape index (κ2) is 6.35. The van der Waals surface area contributed by atoms with Crippen molar-refractivity contribution < 1.29 is 14.3 Å². The van der Waals surface area contributed by atoms with Gasteiger partial charge in [0.2, 0.25) is 0 Å². The molecule has 2 heterocycles. The summed E-state index contributed by atoms with van der Waals surface area (Å²) in [6, 6.07) is 0. The van der Waals surface area contributed by atoms with E-state index in [2.05, 4.69) is 16.8 Å². The fourth-order valence-corrected chi connectivity index (χ4v) is 3.45. The summed E-state index contributed by atoms with van der Waals surface area (Å²) in [5, 5.41) is 0.755. The first-order chi connectivity index (χ1) is 9.56. The Bertz CT molecular complexity index is 505. The van der Waals surface area contributed by atoms with E-state index in [1.807, 2.05) is 0 Å². The first-order valence-corrected chi connectivity index (χ1v) is 7.73. The number of rotatable bonds is 4. The van der Waals surface area contributed by atoms with Crippen LogP contribution in [0.2, 0.25) is 0 Å². The van der Waals surface area contributed by atoms with Gasteiger partial charge in [0.15, 0.2) is 16.6 Å². The summed E-state index contributed by atoms with van der Waals surface area (Å²) in [6.45, 7) is 5.54. The minimum absolute atomic E-state index is 0.141. The molecule has 0 aromatic carbocycles. The molecule has 1 saturated heterocycles. The van der Waals surface area contributed by atoms with Crippen molar-refractivity contribution in [3.8, 4) is 0 Å². The van der Waals surface area contributed by atoms with Crippen molar-refractivity contribution in [2.24, 2.45) is 5.92 Å². The first-order valence-electron chi connectivity index (χ1n) is 6.91. The van der Waals surface area contributed by atoms with E-state index in [1.165, 1.54) is 31.8 Å². The average molecular weight is 296 g/mol. The number of anilines is 1. The van der Waals surface area contributed by atoms with Crippen molar-refractivity contribution >= 4 is 28.2 Å². The van der Waals surface area contributed by atoms with Gasteiger partial charge in [-0.15, -0.1) is 0 Å². The molecule has 2 rings (SSSR count). The van der Waals surface area contributed by atoms with Crippen LogP contribution in [0.4, 0.5) is 5.13 Å². The van der Waals surface area contributed by atoms with Crippen LogP contribution in [0.3, 0.4) is 0 Å².